The number of rotatable bonds is 2. The number of anilines is 2. The molecule has 0 aliphatic carbocycles. The van der Waals surface area contributed by atoms with Crippen molar-refractivity contribution in [2.45, 2.75) is 52.0 Å². The smallest absolute Gasteiger partial charge is 0.268 e. The highest BCUT2D eigenvalue weighted by atomic mass is 32.1. The van der Waals surface area contributed by atoms with Crippen LogP contribution in [-0.4, -0.2) is 35.1 Å². The standard InChI is InChI=1S/C26H28F2N4OS/c1-15-8-7-12-30(14-15)22-19-24(21(28)23(20(22)27)31-13-6-5-9-16(31)2)34-26-29-17-10-3-4-11-18(17)32(26)25(19)33/h3-4,10-11,15-16H,5-9,12-14H2,1-2H3/t15-,16+/m0/s1. The average Bonchev–Trinajstić information content (AvgIpc) is 3.20. The van der Waals surface area contributed by atoms with Gasteiger partial charge in [0.05, 0.1) is 26.8 Å². The SMILES string of the molecule is C[C@H]1CCCN(c2c(F)c(N3CCCC[C@H]3C)c(F)c3sc4nc5ccccc5n4c(=O)c23)C1. The molecule has 0 spiro atoms. The third-order valence-corrected chi connectivity index (χ3v) is 8.53. The maximum absolute atomic E-state index is 16.5. The van der Waals surface area contributed by atoms with Crippen LogP contribution in [0.2, 0.25) is 0 Å². The molecule has 2 atom stereocenters. The van der Waals surface area contributed by atoms with Crippen LogP contribution in [0.4, 0.5) is 20.2 Å². The van der Waals surface area contributed by atoms with Crippen LogP contribution >= 0.6 is 11.3 Å². The molecule has 2 aromatic carbocycles. The van der Waals surface area contributed by atoms with Crippen molar-refractivity contribution in [3.8, 4) is 0 Å². The van der Waals surface area contributed by atoms with Gasteiger partial charge in [-0.3, -0.25) is 4.79 Å². The number of hydrogen-bond acceptors (Lipinski definition) is 5. The van der Waals surface area contributed by atoms with Gasteiger partial charge in [-0.05, 0) is 57.1 Å². The fraction of sp³-hybridized carbons (Fsp3) is 0.462. The van der Waals surface area contributed by atoms with Gasteiger partial charge in [0.2, 0.25) is 0 Å². The van der Waals surface area contributed by atoms with E-state index in [9.17, 15) is 4.79 Å². The second-order valence-electron chi connectivity index (χ2n) is 9.89. The van der Waals surface area contributed by atoms with Gasteiger partial charge in [-0.1, -0.05) is 30.4 Å². The lowest BCUT2D eigenvalue weighted by Crippen LogP contribution is -2.40. The summed E-state index contributed by atoms with van der Waals surface area (Å²) in [6, 6.07) is 7.41. The van der Waals surface area contributed by atoms with E-state index in [4.69, 9.17) is 0 Å². The molecule has 4 aromatic rings. The van der Waals surface area contributed by atoms with Crippen molar-refractivity contribution in [3.05, 3.63) is 46.3 Å². The first-order chi connectivity index (χ1) is 16.5. The van der Waals surface area contributed by atoms with Gasteiger partial charge in [-0.25, -0.2) is 18.2 Å². The minimum atomic E-state index is -0.633. The van der Waals surface area contributed by atoms with Gasteiger partial charge in [0.15, 0.2) is 16.6 Å². The molecule has 34 heavy (non-hydrogen) atoms. The van der Waals surface area contributed by atoms with Crippen molar-refractivity contribution in [2.24, 2.45) is 5.92 Å². The molecular formula is C26H28F2N4OS. The van der Waals surface area contributed by atoms with Gasteiger partial charge in [0.1, 0.15) is 5.69 Å². The predicted molar refractivity (Wildman–Crippen MR) is 136 cm³/mol. The highest BCUT2D eigenvalue weighted by Crippen LogP contribution is 2.43. The van der Waals surface area contributed by atoms with Crippen molar-refractivity contribution in [3.63, 3.8) is 0 Å². The maximum atomic E-state index is 16.5. The number of fused-ring (bicyclic) bond motifs is 4. The van der Waals surface area contributed by atoms with E-state index in [-0.39, 0.29) is 27.5 Å². The molecule has 2 aliphatic rings. The van der Waals surface area contributed by atoms with E-state index in [0.29, 0.717) is 41.5 Å². The largest absolute Gasteiger partial charge is 0.368 e. The van der Waals surface area contributed by atoms with Crippen LogP contribution in [0.1, 0.15) is 46.0 Å². The van der Waals surface area contributed by atoms with E-state index in [1.165, 1.54) is 4.40 Å². The molecule has 2 aliphatic heterocycles. The number of hydrogen-bond donors (Lipinski definition) is 0. The van der Waals surface area contributed by atoms with Crippen LogP contribution in [0.3, 0.4) is 0 Å². The highest BCUT2D eigenvalue weighted by molar-refractivity contribution is 7.23. The van der Waals surface area contributed by atoms with Crippen molar-refractivity contribution in [1.82, 2.24) is 9.38 Å². The minimum absolute atomic E-state index is 0.0176. The van der Waals surface area contributed by atoms with E-state index in [2.05, 4.69) is 11.9 Å². The van der Waals surface area contributed by atoms with E-state index >= 15 is 8.78 Å². The third kappa shape index (κ3) is 3.21. The number of halogens is 2. The third-order valence-electron chi connectivity index (χ3n) is 7.49. The van der Waals surface area contributed by atoms with Crippen LogP contribution in [0, 0.1) is 17.6 Å². The number of para-hydroxylation sites is 2. The summed E-state index contributed by atoms with van der Waals surface area (Å²) < 4.78 is 34.4. The second kappa shape index (κ2) is 8.18. The summed E-state index contributed by atoms with van der Waals surface area (Å²) in [5.74, 6) is -0.852. The first-order valence-corrected chi connectivity index (χ1v) is 13.0. The Morgan fingerprint density at radius 2 is 1.82 bits per heavy atom. The van der Waals surface area contributed by atoms with Crippen LogP contribution in [0.25, 0.3) is 26.1 Å². The number of imidazole rings is 1. The lowest BCUT2D eigenvalue weighted by atomic mass is 9.98. The molecule has 0 radical (unpaired) electrons. The summed E-state index contributed by atoms with van der Waals surface area (Å²) in [5, 5.41) is 0.137. The molecule has 8 heteroatoms. The van der Waals surface area contributed by atoms with Gasteiger partial charge in [0, 0.05) is 25.7 Å². The summed E-state index contributed by atoms with van der Waals surface area (Å²) >= 11 is 1.14. The van der Waals surface area contributed by atoms with Gasteiger partial charge < -0.3 is 9.80 Å². The summed E-state index contributed by atoms with van der Waals surface area (Å²) in [6.45, 7) is 6.09. The molecule has 0 unspecified atom stereocenters. The molecular weight excluding hydrogens is 454 g/mol. The quantitative estimate of drug-likeness (QED) is 0.354. The Hall–Kier alpha value is -2.74. The molecule has 0 saturated carbocycles. The second-order valence-corrected chi connectivity index (χ2v) is 10.9. The molecule has 6 rings (SSSR count). The molecule has 2 aromatic heterocycles. The molecule has 0 amide bonds. The Balaban J connectivity index is 1.73. The van der Waals surface area contributed by atoms with E-state index in [1.54, 1.807) is 0 Å². The number of aromatic nitrogens is 2. The zero-order chi connectivity index (χ0) is 23.6. The van der Waals surface area contributed by atoms with E-state index in [1.807, 2.05) is 41.0 Å². The van der Waals surface area contributed by atoms with Gasteiger partial charge in [0.25, 0.3) is 5.56 Å². The van der Waals surface area contributed by atoms with E-state index in [0.717, 1.165) is 43.4 Å². The van der Waals surface area contributed by atoms with Crippen molar-refractivity contribution >= 4 is 48.8 Å². The van der Waals surface area contributed by atoms with Crippen LogP contribution in [-0.2, 0) is 0 Å². The van der Waals surface area contributed by atoms with Crippen molar-refractivity contribution < 1.29 is 8.78 Å². The van der Waals surface area contributed by atoms with Crippen LogP contribution in [0.5, 0.6) is 0 Å². The number of nitrogens with zero attached hydrogens (tertiary/aromatic N) is 4. The highest BCUT2D eigenvalue weighted by Gasteiger charge is 2.33. The summed E-state index contributed by atoms with van der Waals surface area (Å²) in [6.07, 6.45) is 4.84. The topological polar surface area (TPSA) is 40.9 Å². The molecule has 5 nitrogen and oxygen atoms in total. The summed E-state index contributed by atoms with van der Waals surface area (Å²) in [4.78, 5) is 22.8. The monoisotopic (exact) mass is 482 g/mol. The van der Waals surface area contributed by atoms with Gasteiger partial charge >= 0.3 is 0 Å². The van der Waals surface area contributed by atoms with Crippen molar-refractivity contribution in [1.29, 1.82) is 0 Å². The van der Waals surface area contributed by atoms with Gasteiger partial charge in [-0.2, -0.15) is 0 Å². The normalized spacial score (nSPS) is 21.8. The Morgan fingerprint density at radius 3 is 2.62 bits per heavy atom. The lowest BCUT2D eigenvalue weighted by Gasteiger charge is -2.38. The van der Waals surface area contributed by atoms with E-state index < -0.39 is 17.2 Å². The van der Waals surface area contributed by atoms with Crippen LogP contribution < -0.4 is 15.4 Å². The lowest BCUT2D eigenvalue weighted by molar-refractivity contribution is 0.439. The summed E-state index contributed by atoms with van der Waals surface area (Å²) in [5.41, 5.74) is 1.21. The van der Waals surface area contributed by atoms with Gasteiger partial charge in [-0.15, -0.1) is 0 Å². The number of benzene rings is 2. The zero-order valence-electron chi connectivity index (χ0n) is 19.5. The molecule has 2 fully saturated rings. The molecule has 4 heterocycles. The fourth-order valence-electron chi connectivity index (χ4n) is 5.78. The predicted octanol–water partition coefficient (Wildman–Crippen LogP) is 5.96. The summed E-state index contributed by atoms with van der Waals surface area (Å²) in [7, 11) is 0. The first-order valence-electron chi connectivity index (χ1n) is 12.2. The fourth-order valence-corrected chi connectivity index (χ4v) is 6.85. The molecule has 0 bridgehead atoms. The molecule has 178 valence electrons. The Bertz CT molecular complexity index is 1480. The van der Waals surface area contributed by atoms with Crippen LogP contribution in [0.15, 0.2) is 29.1 Å². The Labute approximate surface area is 200 Å². The molecule has 2 saturated heterocycles. The minimum Gasteiger partial charge on any atom is -0.368 e. The zero-order valence-corrected chi connectivity index (χ0v) is 20.3. The molecule has 0 N–H and O–H groups in total. The average molecular weight is 483 g/mol. The first kappa shape index (κ1) is 21.8. The Morgan fingerprint density at radius 1 is 1.00 bits per heavy atom. The number of piperidine rings is 2. The maximum Gasteiger partial charge on any atom is 0.268 e. The van der Waals surface area contributed by atoms with Crippen molar-refractivity contribution in [2.75, 3.05) is 29.4 Å². The Kier molecular flexibility index (Phi) is 5.24.